The number of carbonyl (C=O) groups excluding carboxylic acids is 2. The predicted octanol–water partition coefficient (Wildman–Crippen LogP) is 5.51. The van der Waals surface area contributed by atoms with Gasteiger partial charge in [-0.15, -0.1) is 0 Å². The quantitative estimate of drug-likeness (QED) is 0.636. The van der Waals surface area contributed by atoms with Crippen molar-refractivity contribution in [3.05, 3.63) is 63.2 Å². The summed E-state index contributed by atoms with van der Waals surface area (Å²) in [5, 5.41) is 4.34. The first-order valence-corrected chi connectivity index (χ1v) is 8.09. The van der Waals surface area contributed by atoms with Gasteiger partial charge in [0.2, 0.25) is 5.91 Å². The van der Waals surface area contributed by atoms with Crippen LogP contribution in [0.3, 0.4) is 0 Å². The third-order valence-corrected chi connectivity index (χ3v) is 4.60. The van der Waals surface area contributed by atoms with Crippen molar-refractivity contribution in [3.63, 3.8) is 0 Å². The molecule has 0 aliphatic heterocycles. The molecule has 0 saturated heterocycles. The molecule has 0 atom stereocenters. The molecule has 3 aromatic rings. The van der Waals surface area contributed by atoms with Crippen molar-refractivity contribution in [2.45, 2.75) is 6.92 Å². The Bertz CT molecular complexity index is 979. The highest BCUT2D eigenvalue weighted by Crippen LogP contribution is 2.31. The average Bonchev–Trinajstić information content (AvgIpc) is 2.90. The normalized spacial score (nSPS) is 10.8. The van der Waals surface area contributed by atoms with Crippen LogP contribution in [0.2, 0.25) is 15.1 Å². The second-order valence-corrected chi connectivity index (χ2v) is 6.37. The summed E-state index contributed by atoms with van der Waals surface area (Å²) in [6.07, 6.45) is 1.48. The molecule has 7 heteroatoms. The highest BCUT2D eigenvalue weighted by Gasteiger charge is 2.18. The predicted molar refractivity (Wildman–Crippen MR) is 97.7 cm³/mol. The van der Waals surface area contributed by atoms with Crippen molar-refractivity contribution in [2.24, 2.45) is 0 Å². The van der Waals surface area contributed by atoms with Gasteiger partial charge in [-0.1, -0.05) is 40.9 Å². The second-order valence-electron chi connectivity index (χ2n) is 5.15. The molecule has 2 aromatic carbocycles. The molecule has 0 unspecified atom stereocenters. The maximum Gasteiger partial charge on any atom is 0.257 e. The lowest BCUT2D eigenvalue weighted by Gasteiger charge is -2.07. The van der Waals surface area contributed by atoms with Crippen molar-refractivity contribution in [1.29, 1.82) is 0 Å². The lowest BCUT2D eigenvalue weighted by molar-refractivity contribution is 0.0941. The van der Waals surface area contributed by atoms with Crippen LogP contribution in [0.25, 0.3) is 10.9 Å². The molecule has 3 rings (SSSR count). The summed E-state index contributed by atoms with van der Waals surface area (Å²) >= 11 is 18.1. The van der Waals surface area contributed by atoms with Gasteiger partial charge in [-0.05, 0) is 30.3 Å². The Balaban J connectivity index is 2.08. The van der Waals surface area contributed by atoms with Gasteiger partial charge in [0, 0.05) is 23.5 Å². The van der Waals surface area contributed by atoms with E-state index in [1.807, 2.05) is 0 Å². The summed E-state index contributed by atoms with van der Waals surface area (Å²) in [5.41, 5.74) is 1.31. The van der Waals surface area contributed by atoms with E-state index in [-0.39, 0.29) is 10.9 Å². The third-order valence-electron chi connectivity index (χ3n) is 3.55. The van der Waals surface area contributed by atoms with Crippen molar-refractivity contribution >= 4 is 63.2 Å². The number of rotatable bonds is 2. The summed E-state index contributed by atoms with van der Waals surface area (Å²) in [7, 11) is 0. The molecule has 1 amide bonds. The fraction of sp³-hybridized carbons (Fsp3) is 0.0588. The number of halogens is 3. The summed E-state index contributed by atoms with van der Waals surface area (Å²) in [6, 6.07) is 9.95. The maximum atomic E-state index is 12.7. The number of benzene rings is 2. The molecule has 0 saturated carbocycles. The van der Waals surface area contributed by atoms with E-state index in [9.17, 15) is 9.59 Å². The van der Waals surface area contributed by atoms with Crippen LogP contribution in [-0.4, -0.2) is 16.4 Å². The summed E-state index contributed by atoms with van der Waals surface area (Å²) in [5.74, 6) is -0.617. The van der Waals surface area contributed by atoms with Crippen LogP contribution in [0.4, 0.5) is 5.69 Å². The van der Waals surface area contributed by atoms with Gasteiger partial charge in [0.25, 0.3) is 5.91 Å². The summed E-state index contributed by atoms with van der Waals surface area (Å²) in [6.45, 7) is 1.42. The van der Waals surface area contributed by atoms with Crippen LogP contribution in [-0.2, 0) is 0 Å². The Morgan fingerprint density at radius 3 is 2.54 bits per heavy atom. The first kappa shape index (κ1) is 16.8. The second kappa shape index (κ2) is 6.48. The lowest BCUT2D eigenvalue weighted by Crippen LogP contribution is -2.12. The number of hydrogen-bond acceptors (Lipinski definition) is 2. The maximum absolute atomic E-state index is 12.7. The molecule has 0 aliphatic carbocycles. The molecular weight excluding hydrogens is 371 g/mol. The average molecular weight is 382 g/mol. The Morgan fingerprint density at radius 2 is 1.83 bits per heavy atom. The van der Waals surface area contributed by atoms with Crippen molar-refractivity contribution in [1.82, 2.24) is 4.57 Å². The number of anilines is 1. The molecule has 0 radical (unpaired) electrons. The molecule has 4 nitrogen and oxygen atoms in total. The van der Waals surface area contributed by atoms with E-state index < -0.39 is 5.91 Å². The molecule has 122 valence electrons. The first-order chi connectivity index (χ1) is 11.4. The van der Waals surface area contributed by atoms with Gasteiger partial charge >= 0.3 is 0 Å². The lowest BCUT2D eigenvalue weighted by atomic mass is 10.1. The van der Waals surface area contributed by atoms with E-state index in [1.54, 1.807) is 36.4 Å². The molecule has 1 aromatic heterocycles. The number of hydrogen-bond donors (Lipinski definition) is 1. The van der Waals surface area contributed by atoms with Gasteiger partial charge < -0.3 is 5.32 Å². The minimum atomic E-state index is -0.411. The van der Waals surface area contributed by atoms with Crippen LogP contribution in [0, 0.1) is 0 Å². The van der Waals surface area contributed by atoms with Crippen LogP contribution < -0.4 is 5.32 Å². The van der Waals surface area contributed by atoms with Gasteiger partial charge in [0.05, 0.1) is 26.8 Å². The van der Waals surface area contributed by atoms with Gasteiger partial charge in [-0.3, -0.25) is 14.2 Å². The SMILES string of the molecule is CC(=O)n1cc(C(=O)Nc2cccc(Cl)c2Cl)c2cc(Cl)ccc21. The zero-order valence-electron chi connectivity index (χ0n) is 12.4. The number of nitrogens with zero attached hydrogens (tertiary/aromatic N) is 1. The first-order valence-electron chi connectivity index (χ1n) is 6.95. The Hall–Kier alpha value is -2.01. The Morgan fingerprint density at radius 1 is 1.08 bits per heavy atom. The number of fused-ring (bicyclic) bond motifs is 1. The minimum absolute atomic E-state index is 0.206. The molecular formula is C17H11Cl3N2O2. The topological polar surface area (TPSA) is 51.1 Å². The molecule has 1 N–H and O–H groups in total. The number of nitrogens with one attached hydrogen (secondary N) is 1. The van der Waals surface area contributed by atoms with Gasteiger partial charge in [0.15, 0.2) is 0 Å². The third kappa shape index (κ3) is 3.00. The van der Waals surface area contributed by atoms with Gasteiger partial charge in [0.1, 0.15) is 0 Å². The van der Waals surface area contributed by atoms with Crippen LogP contribution >= 0.6 is 34.8 Å². The molecule has 0 aliphatic rings. The fourth-order valence-electron chi connectivity index (χ4n) is 2.43. The van der Waals surface area contributed by atoms with E-state index in [2.05, 4.69) is 5.32 Å². The summed E-state index contributed by atoms with van der Waals surface area (Å²) in [4.78, 5) is 24.5. The molecule has 0 spiro atoms. The van der Waals surface area contributed by atoms with Crippen LogP contribution in [0.15, 0.2) is 42.6 Å². The zero-order chi connectivity index (χ0) is 17.4. The van der Waals surface area contributed by atoms with E-state index in [0.29, 0.717) is 32.2 Å². The van der Waals surface area contributed by atoms with E-state index in [1.165, 1.54) is 17.7 Å². The molecule has 0 bridgehead atoms. The van der Waals surface area contributed by atoms with E-state index in [0.717, 1.165) is 0 Å². The summed E-state index contributed by atoms with van der Waals surface area (Å²) < 4.78 is 1.40. The highest BCUT2D eigenvalue weighted by molar-refractivity contribution is 6.44. The number of amides is 1. The monoisotopic (exact) mass is 380 g/mol. The number of carbonyl (C=O) groups is 2. The largest absolute Gasteiger partial charge is 0.321 e. The minimum Gasteiger partial charge on any atom is -0.321 e. The standard InChI is InChI=1S/C17H11Cl3N2O2/c1-9(23)22-8-12(11-7-10(18)5-6-15(11)22)17(24)21-14-4-2-3-13(19)16(14)20/h2-8H,1H3,(H,21,24). The van der Waals surface area contributed by atoms with Crippen molar-refractivity contribution in [3.8, 4) is 0 Å². The zero-order valence-corrected chi connectivity index (χ0v) is 14.7. The van der Waals surface area contributed by atoms with Crippen molar-refractivity contribution in [2.75, 3.05) is 5.32 Å². The number of aromatic nitrogens is 1. The fourth-order valence-corrected chi connectivity index (χ4v) is 2.95. The Kier molecular flexibility index (Phi) is 4.54. The molecule has 0 fully saturated rings. The van der Waals surface area contributed by atoms with E-state index >= 15 is 0 Å². The van der Waals surface area contributed by atoms with Gasteiger partial charge in [-0.25, -0.2) is 0 Å². The molecule has 24 heavy (non-hydrogen) atoms. The molecule has 1 heterocycles. The van der Waals surface area contributed by atoms with Crippen molar-refractivity contribution < 1.29 is 9.59 Å². The Labute approximate surface area is 152 Å². The van der Waals surface area contributed by atoms with E-state index in [4.69, 9.17) is 34.8 Å². The highest BCUT2D eigenvalue weighted by atomic mass is 35.5. The van der Waals surface area contributed by atoms with Gasteiger partial charge in [-0.2, -0.15) is 0 Å². The van der Waals surface area contributed by atoms with Crippen LogP contribution in [0.5, 0.6) is 0 Å². The smallest absolute Gasteiger partial charge is 0.257 e. The van der Waals surface area contributed by atoms with Crippen LogP contribution in [0.1, 0.15) is 22.1 Å².